The van der Waals surface area contributed by atoms with Gasteiger partial charge in [0.05, 0.1) is 5.69 Å². The molecule has 114 valence electrons. The van der Waals surface area contributed by atoms with E-state index in [1.54, 1.807) is 18.5 Å². The third-order valence-corrected chi connectivity index (χ3v) is 3.62. The molecule has 0 saturated heterocycles. The van der Waals surface area contributed by atoms with Crippen molar-refractivity contribution in [1.29, 1.82) is 0 Å². The van der Waals surface area contributed by atoms with E-state index >= 15 is 0 Å². The summed E-state index contributed by atoms with van der Waals surface area (Å²) in [4.78, 5) is 17.0. The molecule has 7 nitrogen and oxygen atoms in total. The van der Waals surface area contributed by atoms with Crippen molar-refractivity contribution in [2.75, 3.05) is 0 Å². The molecule has 0 aliphatic heterocycles. The predicted molar refractivity (Wildman–Crippen MR) is 80.5 cm³/mol. The molecule has 0 radical (unpaired) electrons. The highest BCUT2D eigenvalue weighted by Crippen LogP contribution is 2.23. The molecule has 0 aliphatic carbocycles. The molecule has 0 aromatic carbocycles. The van der Waals surface area contributed by atoms with E-state index < -0.39 is 0 Å². The SMILES string of the molecule is CC(C)(C)c1noc(OCc2csc(-c3ncccn3)n2)n1. The van der Waals surface area contributed by atoms with Crippen molar-refractivity contribution < 1.29 is 9.26 Å². The molecule has 8 heteroatoms. The average Bonchev–Trinajstić information content (AvgIpc) is 3.15. The van der Waals surface area contributed by atoms with Crippen LogP contribution >= 0.6 is 11.3 Å². The Kier molecular flexibility index (Phi) is 3.84. The van der Waals surface area contributed by atoms with Gasteiger partial charge in [0.1, 0.15) is 6.61 Å². The minimum Gasteiger partial charge on any atom is -0.442 e. The first-order valence-corrected chi connectivity index (χ1v) is 7.59. The molecule has 0 atom stereocenters. The van der Waals surface area contributed by atoms with Gasteiger partial charge in [-0.3, -0.25) is 4.52 Å². The molecule has 0 bridgehead atoms. The summed E-state index contributed by atoms with van der Waals surface area (Å²) in [6, 6.07) is 1.77. The van der Waals surface area contributed by atoms with Gasteiger partial charge in [0.25, 0.3) is 0 Å². The second-order valence-electron chi connectivity index (χ2n) is 5.64. The molecule has 0 aliphatic rings. The van der Waals surface area contributed by atoms with Crippen LogP contribution in [0.15, 0.2) is 28.4 Å². The number of rotatable bonds is 4. The third kappa shape index (κ3) is 3.28. The number of ether oxygens (including phenoxy) is 1. The van der Waals surface area contributed by atoms with E-state index in [2.05, 4.69) is 25.1 Å². The van der Waals surface area contributed by atoms with Gasteiger partial charge < -0.3 is 4.74 Å². The second kappa shape index (κ2) is 5.80. The maximum absolute atomic E-state index is 5.48. The Bertz CT molecular complexity index is 748. The lowest BCUT2D eigenvalue weighted by Gasteiger charge is -2.10. The molecule has 3 aromatic heterocycles. The molecule has 0 N–H and O–H groups in total. The summed E-state index contributed by atoms with van der Waals surface area (Å²) >= 11 is 1.46. The standard InChI is InChI=1S/C14H15N5O2S/c1-14(2,3)12-18-13(21-19-12)20-7-9-8-22-11(17-9)10-15-5-4-6-16-10/h4-6,8H,7H2,1-3H3. The molecular weight excluding hydrogens is 302 g/mol. The number of hydrogen-bond donors (Lipinski definition) is 0. The van der Waals surface area contributed by atoms with E-state index in [0.29, 0.717) is 11.6 Å². The average molecular weight is 317 g/mol. The van der Waals surface area contributed by atoms with Gasteiger partial charge in [-0.25, -0.2) is 15.0 Å². The smallest absolute Gasteiger partial charge is 0.417 e. The quantitative estimate of drug-likeness (QED) is 0.731. The fourth-order valence-corrected chi connectivity index (χ4v) is 2.34. The highest BCUT2D eigenvalue weighted by atomic mass is 32.1. The summed E-state index contributed by atoms with van der Waals surface area (Å²) in [5.74, 6) is 1.21. The molecule has 0 fully saturated rings. The Hall–Kier alpha value is -2.35. The molecule has 22 heavy (non-hydrogen) atoms. The van der Waals surface area contributed by atoms with Crippen LogP contribution in [0.25, 0.3) is 10.8 Å². The maximum Gasteiger partial charge on any atom is 0.417 e. The first-order chi connectivity index (χ1) is 10.5. The van der Waals surface area contributed by atoms with Crippen LogP contribution in [0.4, 0.5) is 0 Å². The molecule has 0 saturated carbocycles. The number of hydrogen-bond acceptors (Lipinski definition) is 8. The predicted octanol–water partition coefficient (Wildman–Crippen LogP) is 2.86. The number of thiazole rings is 1. The van der Waals surface area contributed by atoms with Gasteiger partial charge in [-0.2, -0.15) is 4.98 Å². The molecular formula is C14H15N5O2S. The van der Waals surface area contributed by atoms with Crippen LogP contribution in [0.3, 0.4) is 0 Å². The van der Waals surface area contributed by atoms with E-state index in [-0.39, 0.29) is 18.1 Å². The Labute approximate surface area is 131 Å². The van der Waals surface area contributed by atoms with Crippen molar-refractivity contribution in [3.8, 4) is 16.9 Å². The van der Waals surface area contributed by atoms with E-state index in [9.17, 15) is 0 Å². The number of nitrogens with zero attached hydrogens (tertiary/aromatic N) is 5. The van der Waals surface area contributed by atoms with Crippen molar-refractivity contribution in [2.24, 2.45) is 0 Å². The monoisotopic (exact) mass is 317 g/mol. The molecule has 0 amide bonds. The van der Waals surface area contributed by atoms with Gasteiger partial charge in [-0.1, -0.05) is 25.9 Å². The summed E-state index contributed by atoms with van der Waals surface area (Å²) in [7, 11) is 0. The van der Waals surface area contributed by atoms with Crippen LogP contribution in [0.2, 0.25) is 0 Å². The highest BCUT2D eigenvalue weighted by molar-refractivity contribution is 7.13. The van der Waals surface area contributed by atoms with E-state index in [4.69, 9.17) is 9.26 Å². The molecule has 3 aromatic rings. The zero-order chi connectivity index (χ0) is 15.6. The largest absolute Gasteiger partial charge is 0.442 e. The fraction of sp³-hybridized carbons (Fsp3) is 0.357. The summed E-state index contributed by atoms with van der Waals surface area (Å²) < 4.78 is 10.6. The van der Waals surface area contributed by atoms with Gasteiger partial charge >= 0.3 is 6.08 Å². The van der Waals surface area contributed by atoms with Gasteiger partial charge in [-0.15, -0.1) is 11.3 Å². The third-order valence-electron chi connectivity index (χ3n) is 2.73. The first-order valence-electron chi connectivity index (χ1n) is 6.71. The molecule has 3 rings (SSSR count). The summed E-state index contributed by atoms with van der Waals surface area (Å²) in [5, 5.41) is 6.55. The van der Waals surface area contributed by atoms with E-state index in [1.807, 2.05) is 26.2 Å². The van der Waals surface area contributed by atoms with E-state index in [1.165, 1.54) is 11.3 Å². The topological polar surface area (TPSA) is 86.8 Å². The van der Waals surface area contributed by atoms with Gasteiger partial charge in [0, 0.05) is 23.2 Å². The van der Waals surface area contributed by atoms with Crippen LogP contribution in [-0.2, 0) is 12.0 Å². The summed E-state index contributed by atoms with van der Waals surface area (Å²) in [5.41, 5.74) is 0.590. The molecule has 0 spiro atoms. The van der Waals surface area contributed by atoms with Crippen LogP contribution in [0.1, 0.15) is 32.3 Å². The van der Waals surface area contributed by atoms with Crippen molar-refractivity contribution in [3.63, 3.8) is 0 Å². The van der Waals surface area contributed by atoms with Gasteiger partial charge in [0.15, 0.2) is 16.7 Å². The summed E-state index contributed by atoms with van der Waals surface area (Å²) in [6.07, 6.45) is 3.52. The van der Waals surface area contributed by atoms with Crippen LogP contribution in [0, 0.1) is 0 Å². The second-order valence-corrected chi connectivity index (χ2v) is 6.50. The highest BCUT2D eigenvalue weighted by Gasteiger charge is 2.21. The van der Waals surface area contributed by atoms with Gasteiger partial charge in [-0.05, 0) is 6.07 Å². The Balaban J connectivity index is 1.65. The van der Waals surface area contributed by atoms with Crippen molar-refractivity contribution in [3.05, 3.63) is 35.4 Å². The lowest BCUT2D eigenvalue weighted by molar-refractivity contribution is 0.193. The minimum atomic E-state index is -0.177. The molecule has 3 heterocycles. The van der Waals surface area contributed by atoms with Crippen LogP contribution in [0.5, 0.6) is 6.08 Å². The lowest BCUT2D eigenvalue weighted by atomic mass is 9.96. The van der Waals surface area contributed by atoms with Crippen molar-refractivity contribution in [1.82, 2.24) is 25.1 Å². The van der Waals surface area contributed by atoms with Crippen LogP contribution < -0.4 is 4.74 Å². The van der Waals surface area contributed by atoms with Crippen LogP contribution in [-0.4, -0.2) is 25.1 Å². The maximum atomic E-state index is 5.48. The number of aromatic nitrogens is 5. The van der Waals surface area contributed by atoms with Crippen molar-refractivity contribution in [2.45, 2.75) is 32.8 Å². The zero-order valence-corrected chi connectivity index (χ0v) is 13.3. The minimum absolute atomic E-state index is 0.149. The fourth-order valence-electron chi connectivity index (χ4n) is 1.59. The first kappa shape index (κ1) is 14.6. The normalized spacial score (nSPS) is 11.6. The Morgan fingerprint density at radius 3 is 2.64 bits per heavy atom. The zero-order valence-electron chi connectivity index (χ0n) is 12.5. The van der Waals surface area contributed by atoms with Crippen molar-refractivity contribution >= 4 is 11.3 Å². The molecule has 0 unspecified atom stereocenters. The van der Waals surface area contributed by atoms with Gasteiger partial charge in [0.2, 0.25) is 0 Å². The Morgan fingerprint density at radius 1 is 1.18 bits per heavy atom. The Morgan fingerprint density at radius 2 is 1.95 bits per heavy atom. The lowest BCUT2D eigenvalue weighted by Crippen LogP contribution is -2.13. The van der Waals surface area contributed by atoms with E-state index in [0.717, 1.165) is 10.7 Å². The summed E-state index contributed by atoms with van der Waals surface area (Å²) in [6.45, 7) is 6.28.